The number of aromatic nitrogens is 3. The van der Waals surface area contributed by atoms with Gasteiger partial charge in [-0.05, 0) is 26.0 Å². The normalized spacial score (nSPS) is 11.7. The van der Waals surface area contributed by atoms with E-state index >= 15 is 0 Å². The minimum absolute atomic E-state index is 0.376. The first-order chi connectivity index (χ1) is 10.6. The van der Waals surface area contributed by atoms with Gasteiger partial charge in [0.05, 0.1) is 5.25 Å². The summed E-state index contributed by atoms with van der Waals surface area (Å²) in [5, 5.41) is 12.8. The molecule has 116 valence electrons. The van der Waals surface area contributed by atoms with Crippen LogP contribution >= 0.6 is 11.8 Å². The lowest BCUT2D eigenvalue weighted by Gasteiger charge is -2.11. The van der Waals surface area contributed by atoms with Crippen LogP contribution in [0, 0.1) is 0 Å². The molecule has 0 radical (unpaired) electrons. The molecule has 2 rings (SSSR count). The molecule has 0 unspecified atom stereocenters. The second kappa shape index (κ2) is 7.60. The van der Waals surface area contributed by atoms with Gasteiger partial charge in [0.1, 0.15) is 6.33 Å². The summed E-state index contributed by atoms with van der Waals surface area (Å²) in [6, 6.07) is 9.09. The summed E-state index contributed by atoms with van der Waals surface area (Å²) in [6.45, 7) is 3.96. The molecule has 0 aliphatic carbocycles. The van der Waals surface area contributed by atoms with Crippen LogP contribution in [-0.2, 0) is 4.79 Å². The Hall–Kier alpha value is -2.35. The highest BCUT2D eigenvalue weighted by Crippen LogP contribution is 2.23. The molecule has 0 saturated heterocycles. The fourth-order valence-electron chi connectivity index (χ4n) is 1.70. The van der Waals surface area contributed by atoms with Crippen LogP contribution in [0.4, 0.5) is 4.79 Å². The molecule has 0 saturated carbocycles. The Kier molecular flexibility index (Phi) is 5.54. The van der Waals surface area contributed by atoms with E-state index in [1.54, 1.807) is 24.7 Å². The van der Waals surface area contributed by atoms with Gasteiger partial charge in [-0.2, -0.15) is 0 Å². The number of carbonyl (C=O) groups is 2. The molecule has 0 bridgehead atoms. The van der Waals surface area contributed by atoms with E-state index in [4.69, 9.17) is 0 Å². The molecular formula is C14H17N5O2S. The molecule has 8 heteroatoms. The lowest BCUT2D eigenvalue weighted by atomic mass is 10.3. The molecule has 2 aromatic rings. The van der Waals surface area contributed by atoms with Crippen molar-refractivity contribution in [2.24, 2.45) is 0 Å². The van der Waals surface area contributed by atoms with Gasteiger partial charge < -0.3 is 5.32 Å². The third-order valence-corrected chi connectivity index (χ3v) is 3.83. The number of rotatable bonds is 5. The molecule has 1 heterocycles. The molecule has 0 fully saturated rings. The maximum Gasteiger partial charge on any atom is 0.321 e. The standard InChI is InChI=1S/C14H17N5O2S/c1-3-15-13(21)17-12(20)10(2)22-14-18-16-9-19(14)11-7-5-4-6-8-11/h4-10H,3H2,1-2H3,(H2,15,17,20,21)/t10-/m0/s1. The van der Waals surface area contributed by atoms with E-state index in [-0.39, 0.29) is 5.91 Å². The van der Waals surface area contributed by atoms with E-state index in [2.05, 4.69) is 20.8 Å². The molecule has 1 atom stereocenters. The van der Waals surface area contributed by atoms with Crippen molar-refractivity contribution in [1.29, 1.82) is 0 Å². The van der Waals surface area contributed by atoms with E-state index < -0.39 is 11.3 Å². The molecule has 0 aliphatic rings. The second-order valence-corrected chi connectivity index (χ2v) is 5.74. The summed E-state index contributed by atoms with van der Waals surface area (Å²) in [4.78, 5) is 23.3. The molecule has 3 amide bonds. The summed E-state index contributed by atoms with van der Waals surface area (Å²) in [6.07, 6.45) is 1.59. The number of benzene rings is 1. The van der Waals surface area contributed by atoms with Crippen molar-refractivity contribution in [3.05, 3.63) is 36.7 Å². The number of para-hydroxylation sites is 1. The monoisotopic (exact) mass is 319 g/mol. The highest BCUT2D eigenvalue weighted by molar-refractivity contribution is 8.00. The van der Waals surface area contributed by atoms with Gasteiger partial charge in [-0.3, -0.25) is 14.7 Å². The number of hydrogen-bond acceptors (Lipinski definition) is 5. The Morgan fingerprint density at radius 1 is 1.32 bits per heavy atom. The second-order valence-electron chi connectivity index (χ2n) is 4.43. The zero-order valence-electron chi connectivity index (χ0n) is 12.3. The first-order valence-corrected chi connectivity index (χ1v) is 7.70. The summed E-state index contributed by atoms with van der Waals surface area (Å²) in [5.74, 6) is -0.376. The average Bonchev–Trinajstić information content (AvgIpc) is 2.96. The molecule has 22 heavy (non-hydrogen) atoms. The van der Waals surface area contributed by atoms with Crippen molar-refractivity contribution in [2.75, 3.05) is 6.54 Å². The average molecular weight is 319 g/mol. The van der Waals surface area contributed by atoms with Crippen LogP contribution in [0.5, 0.6) is 0 Å². The number of amides is 3. The molecule has 2 N–H and O–H groups in total. The maximum absolute atomic E-state index is 12.0. The lowest BCUT2D eigenvalue weighted by molar-refractivity contribution is -0.119. The van der Waals surface area contributed by atoms with Crippen LogP contribution in [0.25, 0.3) is 5.69 Å². The first-order valence-electron chi connectivity index (χ1n) is 6.82. The van der Waals surface area contributed by atoms with Crippen molar-refractivity contribution in [1.82, 2.24) is 25.4 Å². The van der Waals surface area contributed by atoms with Crippen LogP contribution in [0.3, 0.4) is 0 Å². The van der Waals surface area contributed by atoms with Crippen molar-refractivity contribution in [3.8, 4) is 5.69 Å². The summed E-state index contributed by atoms with van der Waals surface area (Å²) < 4.78 is 1.79. The predicted octanol–water partition coefficient (Wildman–Crippen LogP) is 1.59. The van der Waals surface area contributed by atoms with E-state index in [0.29, 0.717) is 11.7 Å². The van der Waals surface area contributed by atoms with Crippen LogP contribution in [0.2, 0.25) is 0 Å². The van der Waals surface area contributed by atoms with Gasteiger partial charge in [0.25, 0.3) is 0 Å². The van der Waals surface area contributed by atoms with Crippen molar-refractivity contribution in [2.45, 2.75) is 24.3 Å². The number of imide groups is 1. The van der Waals surface area contributed by atoms with E-state index in [1.165, 1.54) is 11.8 Å². The Balaban J connectivity index is 2.04. The molecule has 1 aromatic heterocycles. The number of nitrogens with one attached hydrogen (secondary N) is 2. The SMILES string of the molecule is CCNC(=O)NC(=O)[C@H](C)Sc1nncn1-c1ccccc1. The third-order valence-electron chi connectivity index (χ3n) is 2.78. The van der Waals surface area contributed by atoms with Crippen molar-refractivity contribution < 1.29 is 9.59 Å². The summed E-state index contributed by atoms with van der Waals surface area (Å²) >= 11 is 1.24. The van der Waals surface area contributed by atoms with Gasteiger partial charge in [0.2, 0.25) is 5.91 Å². The van der Waals surface area contributed by atoms with Gasteiger partial charge >= 0.3 is 6.03 Å². The lowest BCUT2D eigenvalue weighted by Crippen LogP contribution is -2.42. The van der Waals surface area contributed by atoms with Crippen molar-refractivity contribution >= 4 is 23.7 Å². The van der Waals surface area contributed by atoms with Gasteiger partial charge in [-0.1, -0.05) is 30.0 Å². The predicted molar refractivity (Wildman–Crippen MR) is 83.9 cm³/mol. The fraction of sp³-hybridized carbons (Fsp3) is 0.286. The third kappa shape index (κ3) is 4.08. The number of carbonyl (C=O) groups excluding carboxylic acids is 2. The quantitative estimate of drug-likeness (QED) is 0.817. The van der Waals surface area contributed by atoms with Gasteiger partial charge in [0.15, 0.2) is 5.16 Å². The van der Waals surface area contributed by atoms with Gasteiger partial charge in [-0.25, -0.2) is 4.79 Å². The summed E-state index contributed by atoms with van der Waals surface area (Å²) in [7, 11) is 0. The van der Waals surface area contributed by atoms with Gasteiger partial charge in [-0.15, -0.1) is 10.2 Å². The maximum atomic E-state index is 12.0. The highest BCUT2D eigenvalue weighted by atomic mass is 32.2. The zero-order chi connectivity index (χ0) is 15.9. The Labute approximate surface area is 132 Å². The minimum Gasteiger partial charge on any atom is -0.338 e. The number of urea groups is 1. The molecule has 0 spiro atoms. The van der Waals surface area contributed by atoms with E-state index in [0.717, 1.165) is 5.69 Å². The van der Waals surface area contributed by atoms with Crippen LogP contribution in [-0.4, -0.2) is 38.5 Å². The Morgan fingerprint density at radius 3 is 2.73 bits per heavy atom. The minimum atomic E-state index is -0.496. The molecule has 1 aromatic carbocycles. The smallest absolute Gasteiger partial charge is 0.321 e. The van der Waals surface area contributed by atoms with E-state index in [9.17, 15) is 9.59 Å². The van der Waals surface area contributed by atoms with Crippen molar-refractivity contribution in [3.63, 3.8) is 0 Å². The van der Waals surface area contributed by atoms with Crippen LogP contribution < -0.4 is 10.6 Å². The number of nitrogens with zero attached hydrogens (tertiary/aromatic N) is 3. The molecular weight excluding hydrogens is 302 g/mol. The fourth-order valence-corrected chi connectivity index (χ4v) is 2.54. The zero-order valence-corrected chi connectivity index (χ0v) is 13.1. The first kappa shape index (κ1) is 16.0. The Morgan fingerprint density at radius 2 is 2.05 bits per heavy atom. The topological polar surface area (TPSA) is 88.9 Å². The number of thioether (sulfide) groups is 1. The molecule has 7 nitrogen and oxygen atoms in total. The van der Waals surface area contributed by atoms with Crippen LogP contribution in [0.15, 0.2) is 41.8 Å². The van der Waals surface area contributed by atoms with E-state index in [1.807, 2.05) is 30.3 Å². The Bertz CT molecular complexity index is 644. The molecule has 0 aliphatic heterocycles. The number of hydrogen-bond donors (Lipinski definition) is 2. The summed E-state index contributed by atoms with van der Waals surface area (Å²) in [5.41, 5.74) is 0.909. The largest absolute Gasteiger partial charge is 0.338 e. The van der Waals surface area contributed by atoms with Gasteiger partial charge in [0, 0.05) is 12.2 Å². The highest BCUT2D eigenvalue weighted by Gasteiger charge is 2.19. The van der Waals surface area contributed by atoms with Crippen LogP contribution in [0.1, 0.15) is 13.8 Å².